The van der Waals surface area contributed by atoms with E-state index >= 15 is 0 Å². The fourth-order valence-electron chi connectivity index (χ4n) is 5.11. The normalized spacial score (nSPS) is 29.1. The SMILES string of the molecule is CC(/C=C/C=C(\C)C(=O)O)=C\C=C\C=C(C)\C=C\C=C(/C)C(=O)O[C@@H]1O[C@H](CO[C@@H]2O[C@H](COC(=O)/C=C/c3ccc(O)c(O)c3)[C@@H](O)[C@H](O)[C@H]2O)[C@@H](O)[C@H](O)[C@H]1O. The molecule has 0 radical (unpaired) electrons. The number of hydrogen-bond donors (Lipinski definition) is 9. The molecule has 2 aliphatic heterocycles. The fourth-order valence-corrected chi connectivity index (χ4v) is 5.11. The molecular formula is C41H50O17. The highest BCUT2D eigenvalue weighted by molar-refractivity contribution is 5.88. The van der Waals surface area contributed by atoms with Crippen molar-refractivity contribution in [2.45, 2.75) is 89.1 Å². The Labute approximate surface area is 334 Å². The van der Waals surface area contributed by atoms with E-state index in [1.807, 2.05) is 26.0 Å². The largest absolute Gasteiger partial charge is 0.504 e. The average molecular weight is 815 g/mol. The summed E-state index contributed by atoms with van der Waals surface area (Å²) < 4.78 is 26.9. The fraction of sp³-hybridized carbons (Fsp3) is 0.390. The zero-order valence-corrected chi connectivity index (χ0v) is 32.1. The standard InChI is InChI=1S/C41H50O17/c1-22(11-7-13-24(3)38(51)52)9-5-6-10-23(2)12-8-14-25(4)39(53)58-41-37(50)35(48)33(46)30(57-41)21-55-40-36(49)34(47)32(45)29(56-40)20-54-31(44)18-16-26-15-17-27(42)28(43)19-26/h5-19,29-30,32-37,40-43,45-50H,20-21H2,1-4H3,(H,51,52)/b6-5+,11-7+,12-8+,18-16+,22-9+,23-10+,24-13+,25-14+/t29-,30-,32-,33-,34+,35+,36-,37-,40-,41+/m1/s1. The molecule has 2 aliphatic rings. The summed E-state index contributed by atoms with van der Waals surface area (Å²) in [5.41, 5.74) is 2.38. The van der Waals surface area contributed by atoms with Gasteiger partial charge in [-0.2, -0.15) is 0 Å². The number of phenolic OH excluding ortho intramolecular Hbond substituents is 2. The maximum absolute atomic E-state index is 12.8. The number of carboxylic acids is 1. The lowest BCUT2D eigenvalue weighted by atomic mass is 9.98. The summed E-state index contributed by atoms with van der Waals surface area (Å²) >= 11 is 0. The van der Waals surface area contributed by atoms with Crippen LogP contribution in [0.3, 0.4) is 0 Å². The summed E-state index contributed by atoms with van der Waals surface area (Å²) in [6.45, 7) is 5.36. The van der Waals surface area contributed by atoms with E-state index in [2.05, 4.69) is 0 Å². The van der Waals surface area contributed by atoms with Gasteiger partial charge in [0.1, 0.15) is 55.4 Å². The molecule has 2 saturated heterocycles. The zero-order valence-electron chi connectivity index (χ0n) is 32.1. The molecule has 9 N–H and O–H groups in total. The van der Waals surface area contributed by atoms with Crippen molar-refractivity contribution in [3.63, 3.8) is 0 Å². The minimum Gasteiger partial charge on any atom is -0.504 e. The first-order chi connectivity index (χ1) is 27.4. The third-order valence-corrected chi connectivity index (χ3v) is 8.69. The quantitative estimate of drug-likeness (QED) is 0.0493. The molecule has 0 aromatic heterocycles. The maximum Gasteiger partial charge on any atom is 0.336 e. The van der Waals surface area contributed by atoms with Crippen LogP contribution in [0.2, 0.25) is 0 Å². The first-order valence-electron chi connectivity index (χ1n) is 17.9. The Balaban J connectivity index is 1.54. The molecule has 10 atom stereocenters. The van der Waals surface area contributed by atoms with Gasteiger partial charge in [0.05, 0.1) is 6.61 Å². The highest BCUT2D eigenvalue weighted by atomic mass is 16.7. The van der Waals surface area contributed by atoms with Crippen LogP contribution in [-0.2, 0) is 38.1 Å². The lowest BCUT2D eigenvalue weighted by Crippen LogP contribution is -2.62. The molecule has 0 aliphatic carbocycles. The van der Waals surface area contributed by atoms with E-state index in [4.69, 9.17) is 28.8 Å². The first-order valence-corrected chi connectivity index (χ1v) is 17.9. The second-order valence-corrected chi connectivity index (χ2v) is 13.4. The number of hydrogen-bond acceptors (Lipinski definition) is 16. The van der Waals surface area contributed by atoms with Gasteiger partial charge in [-0.1, -0.05) is 78.0 Å². The van der Waals surface area contributed by atoms with Crippen LogP contribution in [0, 0.1) is 0 Å². The molecule has 2 fully saturated rings. The molecule has 1 aromatic rings. The van der Waals surface area contributed by atoms with Gasteiger partial charge in [0.2, 0.25) is 6.29 Å². The van der Waals surface area contributed by atoms with E-state index < -0.39 is 98.3 Å². The number of aliphatic hydroxyl groups excluding tert-OH is 6. The Morgan fingerprint density at radius 2 is 1.17 bits per heavy atom. The maximum atomic E-state index is 12.8. The van der Waals surface area contributed by atoms with Crippen molar-refractivity contribution >= 4 is 24.0 Å². The van der Waals surface area contributed by atoms with Gasteiger partial charge in [0, 0.05) is 17.2 Å². The van der Waals surface area contributed by atoms with Gasteiger partial charge in [-0.3, -0.25) is 0 Å². The lowest BCUT2D eigenvalue weighted by molar-refractivity contribution is -0.326. The highest BCUT2D eigenvalue weighted by Gasteiger charge is 2.48. The molecule has 0 amide bonds. The lowest BCUT2D eigenvalue weighted by Gasteiger charge is -2.42. The molecule has 58 heavy (non-hydrogen) atoms. The average Bonchev–Trinajstić information content (AvgIpc) is 3.18. The molecule has 1 aromatic carbocycles. The zero-order chi connectivity index (χ0) is 43.1. The number of phenols is 2. The van der Waals surface area contributed by atoms with Gasteiger partial charge in [-0.25, -0.2) is 14.4 Å². The van der Waals surface area contributed by atoms with Crippen LogP contribution in [-0.4, -0.2) is 138 Å². The predicted molar refractivity (Wildman–Crippen MR) is 205 cm³/mol. The van der Waals surface area contributed by atoms with Crippen molar-refractivity contribution in [1.29, 1.82) is 0 Å². The summed E-state index contributed by atoms with van der Waals surface area (Å²) in [5.74, 6) is -3.57. The molecule has 0 spiro atoms. The van der Waals surface area contributed by atoms with Crippen LogP contribution >= 0.6 is 0 Å². The topological polar surface area (TPSA) is 279 Å². The van der Waals surface area contributed by atoms with Crippen LogP contribution in [0.4, 0.5) is 0 Å². The molecule has 17 nitrogen and oxygen atoms in total. The Kier molecular flexibility index (Phi) is 18.4. The molecule has 2 heterocycles. The minimum atomic E-state index is -1.87. The van der Waals surface area contributed by atoms with Crippen LogP contribution in [0.1, 0.15) is 33.3 Å². The van der Waals surface area contributed by atoms with Crippen molar-refractivity contribution in [3.05, 3.63) is 113 Å². The summed E-state index contributed by atoms with van der Waals surface area (Å²) in [5, 5.41) is 90.8. The number of esters is 2. The van der Waals surface area contributed by atoms with Gasteiger partial charge >= 0.3 is 17.9 Å². The monoisotopic (exact) mass is 814 g/mol. The van der Waals surface area contributed by atoms with Crippen LogP contribution in [0.5, 0.6) is 11.5 Å². The van der Waals surface area contributed by atoms with Crippen molar-refractivity contribution in [1.82, 2.24) is 0 Å². The molecule has 17 heteroatoms. The van der Waals surface area contributed by atoms with E-state index in [-0.39, 0.29) is 16.9 Å². The molecule has 3 rings (SSSR count). The van der Waals surface area contributed by atoms with Crippen LogP contribution in [0.15, 0.2) is 107 Å². The predicted octanol–water partition coefficient (Wildman–Crippen LogP) is 1.37. The van der Waals surface area contributed by atoms with Crippen molar-refractivity contribution < 1.29 is 84.0 Å². The number of carbonyl (C=O) groups is 3. The van der Waals surface area contributed by atoms with E-state index in [1.54, 1.807) is 36.5 Å². The van der Waals surface area contributed by atoms with Gasteiger partial charge < -0.3 is 69.6 Å². The molecule has 316 valence electrons. The second-order valence-electron chi connectivity index (χ2n) is 13.4. The van der Waals surface area contributed by atoms with Gasteiger partial charge in [-0.05, 0) is 51.5 Å². The van der Waals surface area contributed by atoms with Crippen molar-refractivity contribution in [2.24, 2.45) is 0 Å². The number of ether oxygens (including phenoxy) is 5. The Morgan fingerprint density at radius 1 is 0.638 bits per heavy atom. The Bertz CT molecular complexity index is 1840. The smallest absolute Gasteiger partial charge is 0.336 e. The Hall–Kier alpha value is -5.21. The van der Waals surface area contributed by atoms with Crippen LogP contribution < -0.4 is 0 Å². The van der Waals surface area contributed by atoms with Crippen LogP contribution in [0.25, 0.3) is 6.08 Å². The van der Waals surface area contributed by atoms with E-state index in [9.17, 15) is 55.2 Å². The number of rotatable bonds is 16. The molecule has 0 unspecified atom stereocenters. The number of aliphatic hydroxyl groups is 6. The van der Waals surface area contributed by atoms with E-state index in [1.165, 1.54) is 50.3 Å². The van der Waals surface area contributed by atoms with Crippen molar-refractivity contribution in [3.8, 4) is 11.5 Å². The molecular weight excluding hydrogens is 764 g/mol. The Morgan fingerprint density at radius 3 is 1.74 bits per heavy atom. The van der Waals surface area contributed by atoms with Crippen molar-refractivity contribution in [2.75, 3.05) is 13.2 Å². The highest BCUT2D eigenvalue weighted by Crippen LogP contribution is 2.28. The second kappa shape index (κ2) is 22.7. The molecule has 0 bridgehead atoms. The summed E-state index contributed by atoms with van der Waals surface area (Å²) in [6.07, 6.45) is 1.94. The van der Waals surface area contributed by atoms with E-state index in [0.717, 1.165) is 17.2 Å². The minimum absolute atomic E-state index is 0.0921. The summed E-state index contributed by atoms with van der Waals surface area (Å²) in [6, 6.07) is 3.83. The molecule has 0 saturated carbocycles. The number of carboxylic acid groups (broad SMARTS) is 1. The summed E-state index contributed by atoms with van der Waals surface area (Å²) in [4.78, 5) is 35.9. The number of carbonyl (C=O) groups excluding carboxylic acids is 2. The number of allylic oxidation sites excluding steroid dienone is 12. The third kappa shape index (κ3) is 14.3. The van der Waals surface area contributed by atoms with Gasteiger partial charge in [-0.15, -0.1) is 0 Å². The summed E-state index contributed by atoms with van der Waals surface area (Å²) in [7, 11) is 0. The third-order valence-electron chi connectivity index (χ3n) is 8.69. The van der Waals surface area contributed by atoms with Gasteiger partial charge in [0.25, 0.3) is 0 Å². The van der Waals surface area contributed by atoms with Gasteiger partial charge in [0.15, 0.2) is 17.8 Å². The number of aromatic hydroxyl groups is 2. The van der Waals surface area contributed by atoms with E-state index in [0.29, 0.717) is 5.56 Å². The first kappa shape index (κ1) is 47.2. The number of aliphatic carboxylic acids is 1. The number of benzene rings is 1.